The number of carbonyl (C=O) groups excluding carboxylic acids is 1. The number of aliphatic carboxylic acids is 1. The van der Waals surface area contributed by atoms with Gasteiger partial charge < -0.3 is 15.6 Å². The second kappa shape index (κ2) is 8.30. The lowest BCUT2D eigenvalue weighted by Gasteiger charge is -2.21. The van der Waals surface area contributed by atoms with Crippen molar-refractivity contribution in [2.24, 2.45) is 11.7 Å². The van der Waals surface area contributed by atoms with Crippen molar-refractivity contribution in [2.75, 3.05) is 6.61 Å². The molecule has 152 valence electrons. The first kappa shape index (κ1) is 20.1. The first-order valence-electron chi connectivity index (χ1n) is 9.56. The summed E-state index contributed by atoms with van der Waals surface area (Å²) in [7, 11) is 0. The Bertz CT molecular complexity index is 1050. The SMILES string of the molecule is NC(c1ccc(Cl)cc1)[C@@H](C(=O)O)C(=O)OCC1c2ccccc2-c2ccccc21. The van der Waals surface area contributed by atoms with E-state index in [0.717, 1.165) is 22.3 Å². The number of ether oxygens (including phenoxy) is 1. The molecule has 0 aliphatic heterocycles. The van der Waals surface area contributed by atoms with Crippen molar-refractivity contribution in [3.8, 4) is 11.1 Å². The van der Waals surface area contributed by atoms with Crippen LogP contribution in [0.25, 0.3) is 11.1 Å². The van der Waals surface area contributed by atoms with Crippen LogP contribution >= 0.6 is 11.6 Å². The molecule has 0 fully saturated rings. The van der Waals surface area contributed by atoms with E-state index in [1.54, 1.807) is 24.3 Å². The number of esters is 1. The molecular formula is C24H20ClNO4. The third kappa shape index (κ3) is 3.70. The smallest absolute Gasteiger partial charge is 0.322 e. The van der Waals surface area contributed by atoms with Gasteiger partial charge in [-0.25, -0.2) is 0 Å². The second-order valence-electron chi connectivity index (χ2n) is 7.25. The summed E-state index contributed by atoms with van der Waals surface area (Å²) in [6.07, 6.45) is 0. The lowest BCUT2D eigenvalue weighted by atomic mass is 9.93. The minimum Gasteiger partial charge on any atom is -0.481 e. The molecule has 0 saturated heterocycles. The minimum absolute atomic E-state index is 0.0456. The van der Waals surface area contributed by atoms with Crippen LogP contribution in [0, 0.1) is 5.92 Å². The molecule has 0 aromatic heterocycles. The van der Waals surface area contributed by atoms with Crippen LogP contribution < -0.4 is 5.73 Å². The van der Waals surface area contributed by atoms with Crippen molar-refractivity contribution in [3.05, 3.63) is 94.5 Å². The number of rotatable bonds is 6. The van der Waals surface area contributed by atoms with Gasteiger partial charge in [-0.3, -0.25) is 9.59 Å². The number of carbonyl (C=O) groups is 2. The number of carboxylic acid groups (broad SMARTS) is 1. The number of hydrogen-bond donors (Lipinski definition) is 2. The summed E-state index contributed by atoms with van der Waals surface area (Å²) < 4.78 is 5.50. The van der Waals surface area contributed by atoms with Crippen molar-refractivity contribution >= 4 is 23.5 Å². The summed E-state index contributed by atoms with van der Waals surface area (Å²) in [4.78, 5) is 24.5. The van der Waals surface area contributed by atoms with E-state index >= 15 is 0 Å². The normalized spacial score (nSPS) is 14.5. The molecule has 0 amide bonds. The fraction of sp³-hybridized carbons (Fsp3) is 0.167. The Morgan fingerprint density at radius 1 is 0.933 bits per heavy atom. The number of halogens is 1. The highest BCUT2D eigenvalue weighted by molar-refractivity contribution is 6.30. The van der Waals surface area contributed by atoms with E-state index in [9.17, 15) is 14.7 Å². The summed E-state index contributed by atoms with van der Waals surface area (Å²) in [5.74, 6) is -3.85. The van der Waals surface area contributed by atoms with Gasteiger partial charge in [-0.1, -0.05) is 72.3 Å². The summed E-state index contributed by atoms with van der Waals surface area (Å²) in [6.45, 7) is 0.0456. The predicted molar refractivity (Wildman–Crippen MR) is 114 cm³/mol. The fourth-order valence-electron chi connectivity index (χ4n) is 3.97. The van der Waals surface area contributed by atoms with Gasteiger partial charge in [-0.15, -0.1) is 0 Å². The largest absolute Gasteiger partial charge is 0.481 e. The Morgan fingerprint density at radius 3 is 2.00 bits per heavy atom. The van der Waals surface area contributed by atoms with Crippen LogP contribution in [0.1, 0.15) is 28.7 Å². The summed E-state index contributed by atoms with van der Waals surface area (Å²) in [6, 6.07) is 21.3. The first-order chi connectivity index (χ1) is 14.5. The van der Waals surface area contributed by atoms with E-state index in [4.69, 9.17) is 22.1 Å². The number of carboxylic acids is 1. The quantitative estimate of drug-likeness (QED) is 0.455. The highest BCUT2D eigenvalue weighted by Crippen LogP contribution is 2.44. The standard InChI is InChI=1S/C24H20ClNO4/c25-15-11-9-14(10-12-15)22(26)21(23(27)28)24(29)30-13-20-18-7-3-1-5-16(18)17-6-2-4-8-19(17)20/h1-12,20-22H,13,26H2,(H,27,28)/t21-,22?/m0/s1. The molecule has 1 unspecified atom stereocenters. The number of nitrogens with two attached hydrogens (primary N) is 1. The molecule has 0 heterocycles. The van der Waals surface area contributed by atoms with E-state index in [-0.39, 0.29) is 12.5 Å². The minimum atomic E-state index is -1.52. The predicted octanol–water partition coefficient (Wildman–Crippen LogP) is 4.40. The summed E-state index contributed by atoms with van der Waals surface area (Å²) >= 11 is 5.88. The average molecular weight is 422 g/mol. The van der Waals surface area contributed by atoms with Crippen LogP contribution in [-0.4, -0.2) is 23.7 Å². The Morgan fingerprint density at radius 2 is 1.47 bits per heavy atom. The van der Waals surface area contributed by atoms with Crippen molar-refractivity contribution in [2.45, 2.75) is 12.0 Å². The van der Waals surface area contributed by atoms with Gasteiger partial charge in [0.05, 0.1) is 6.04 Å². The zero-order valence-electron chi connectivity index (χ0n) is 16.0. The molecule has 0 bridgehead atoms. The van der Waals surface area contributed by atoms with Crippen molar-refractivity contribution in [3.63, 3.8) is 0 Å². The zero-order valence-corrected chi connectivity index (χ0v) is 16.8. The van der Waals surface area contributed by atoms with Gasteiger partial charge >= 0.3 is 11.9 Å². The summed E-state index contributed by atoms with van der Waals surface area (Å²) in [5, 5.41) is 10.1. The van der Waals surface area contributed by atoms with Crippen molar-refractivity contribution in [1.29, 1.82) is 0 Å². The molecular weight excluding hydrogens is 402 g/mol. The molecule has 5 nitrogen and oxygen atoms in total. The number of hydrogen-bond acceptors (Lipinski definition) is 4. The Kier molecular flexibility index (Phi) is 5.57. The molecule has 30 heavy (non-hydrogen) atoms. The van der Waals surface area contributed by atoms with Crippen LogP contribution in [-0.2, 0) is 14.3 Å². The molecule has 3 aromatic carbocycles. The van der Waals surface area contributed by atoms with E-state index in [2.05, 4.69) is 0 Å². The fourth-order valence-corrected chi connectivity index (χ4v) is 4.10. The second-order valence-corrected chi connectivity index (χ2v) is 7.69. The summed E-state index contributed by atoms with van der Waals surface area (Å²) in [5.41, 5.74) is 10.9. The topological polar surface area (TPSA) is 89.6 Å². The van der Waals surface area contributed by atoms with Crippen molar-refractivity contribution < 1.29 is 19.4 Å². The van der Waals surface area contributed by atoms with Gasteiger partial charge in [0, 0.05) is 10.9 Å². The van der Waals surface area contributed by atoms with Gasteiger partial charge in [0.15, 0.2) is 5.92 Å². The van der Waals surface area contributed by atoms with Gasteiger partial charge in [0.25, 0.3) is 0 Å². The molecule has 3 aromatic rings. The number of benzene rings is 3. The van der Waals surface area contributed by atoms with Crippen LogP contribution in [0.15, 0.2) is 72.8 Å². The van der Waals surface area contributed by atoms with Gasteiger partial charge in [-0.05, 0) is 39.9 Å². The third-order valence-electron chi connectivity index (χ3n) is 5.49. The lowest BCUT2D eigenvalue weighted by molar-refractivity contribution is -0.160. The molecule has 6 heteroatoms. The van der Waals surface area contributed by atoms with E-state index in [1.165, 1.54) is 0 Å². The van der Waals surface area contributed by atoms with Crippen molar-refractivity contribution in [1.82, 2.24) is 0 Å². The van der Waals surface area contributed by atoms with Gasteiger partial charge in [-0.2, -0.15) is 0 Å². The first-order valence-corrected chi connectivity index (χ1v) is 9.94. The maximum Gasteiger partial charge on any atom is 0.322 e. The molecule has 0 radical (unpaired) electrons. The third-order valence-corrected chi connectivity index (χ3v) is 5.74. The van der Waals surface area contributed by atoms with E-state index in [0.29, 0.717) is 10.6 Å². The highest BCUT2D eigenvalue weighted by Gasteiger charge is 2.37. The Balaban J connectivity index is 1.54. The Labute approximate surface area is 179 Å². The Hall–Kier alpha value is -3.15. The lowest BCUT2D eigenvalue weighted by Crippen LogP contribution is -2.36. The maximum atomic E-state index is 12.7. The van der Waals surface area contributed by atoms with Gasteiger partial charge in [0.1, 0.15) is 6.61 Å². The molecule has 0 saturated carbocycles. The van der Waals surface area contributed by atoms with E-state index in [1.807, 2.05) is 48.5 Å². The average Bonchev–Trinajstić information content (AvgIpc) is 3.06. The maximum absolute atomic E-state index is 12.7. The van der Waals surface area contributed by atoms with E-state index < -0.39 is 23.9 Å². The van der Waals surface area contributed by atoms with Crippen LogP contribution in [0.4, 0.5) is 0 Å². The number of fused-ring (bicyclic) bond motifs is 3. The van der Waals surface area contributed by atoms with Crippen LogP contribution in [0.3, 0.4) is 0 Å². The zero-order chi connectivity index (χ0) is 21.3. The van der Waals surface area contributed by atoms with Gasteiger partial charge in [0.2, 0.25) is 0 Å². The molecule has 1 aliphatic carbocycles. The molecule has 4 rings (SSSR count). The molecule has 3 N–H and O–H groups in total. The molecule has 2 atom stereocenters. The molecule has 1 aliphatic rings. The monoisotopic (exact) mass is 421 g/mol. The molecule has 0 spiro atoms. The highest BCUT2D eigenvalue weighted by atomic mass is 35.5. The van der Waals surface area contributed by atoms with Crippen LogP contribution in [0.5, 0.6) is 0 Å². The van der Waals surface area contributed by atoms with Crippen LogP contribution in [0.2, 0.25) is 5.02 Å².